The van der Waals surface area contributed by atoms with Gasteiger partial charge in [0.1, 0.15) is 12.4 Å². The fraction of sp³-hybridized carbons (Fsp3) is 0.233. The number of aryl methyl sites for hydroxylation is 1. The van der Waals surface area contributed by atoms with Gasteiger partial charge in [-0.05, 0) is 60.4 Å². The number of aromatic nitrogens is 2. The molecule has 7 nitrogen and oxygen atoms in total. The summed E-state index contributed by atoms with van der Waals surface area (Å²) in [6.07, 6.45) is 6.95. The summed E-state index contributed by atoms with van der Waals surface area (Å²) in [5.41, 5.74) is 3.63. The van der Waals surface area contributed by atoms with Gasteiger partial charge in [0.25, 0.3) is 5.56 Å². The Morgan fingerprint density at radius 2 is 1.84 bits per heavy atom. The highest BCUT2D eigenvalue weighted by Crippen LogP contribution is 2.34. The molecule has 0 radical (unpaired) electrons. The van der Waals surface area contributed by atoms with Gasteiger partial charge in [0.15, 0.2) is 17.3 Å². The summed E-state index contributed by atoms with van der Waals surface area (Å²) in [5.74, 6) is 4.83. The smallest absolute Gasteiger partial charge is 0.282 e. The number of benzene rings is 3. The second-order valence-electron chi connectivity index (χ2n) is 8.75. The molecule has 3 aromatic carbocycles. The number of methoxy groups -OCH3 is 2. The van der Waals surface area contributed by atoms with Crippen molar-refractivity contribution in [1.29, 1.82) is 0 Å². The second kappa shape index (κ2) is 11.0. The lowest BCUT2D eigenvalue weighted by Crippen LogP contribution is -2.21. The van der Waals surface area contributed by atoms with Gasteiger partial charge in [-0.2, -0.15) is 9.78 Å². The van der Waals surface area contributed by atoms with Crippen molar-refractivity contribution in [2.45, 2.75) is 26.7 Å². The van der Waals surface area contributed by atoms with Gasteiger partial charge < -0.3 is 14.2 Å². The molecule has 0 unspecified atom stereocenters. The maximum absolute atomic E-state index is 13.7. The molecule has 188 valence electrons. The van der Waals surface area contributed by atoms with Crippen LogP contribution in [0.2, 0.25) is 0 Å². The van der Waals surface area contributed by atoms with Crippen LogP contribution in [0.3, 0.4) is 0 Å². The molecule has 0 bridgehead atoms. The molecule has 1 aromatic heterocycles. The first-order chi connectivity index (χ1) is 17.9. The van der Waals surface area contributed by atoms with E-state index in [2.05, 4.69) is 24.9 Å². The first-order valence-corrected chi connectivity index (χ1v) is 11.9. The van der Waals surface area contributed by atoms with E-state index in [0.29, 0.717) is 33.8 Å². The van der Waals surface area contributed by atoms with Gasteiger partial charge in [0, 0.05) is 11.1 Å². The van der Waals surface area contributed by atoms with Gasteiger partial charge in [0.2, 0.25) is 0 Å². The van der Waals surface area contributed by atoms with E-state index in [1.54, 1.807) is 32.6 Å². The molecule has 4 aromatic rings. The molecule has 0 amide bonds. The maximum Gasteiger partial charge on any atom is 0.282 e. The Balaban J connectivity index is 1.97. The van der Waals surface area contributed by atoms with Crippen LogP contribution >= 0.6 is 0 Å². The third-order valence-corrected chi connectivity index (χ3v) is 6.03. The molecule has 0 saturated heterocycles. The van der Waals surface area contributed by atoms with Crippen molar-refractivity contribution < 1.29 is 14.2 Å². The predicted octanol–water partition coefficient (Wildman–Crippen LogP) is 5.41. The van der Waals surface area contributed by atoms with Crippen LogP contribution in [0.1, 0.15) is 36.5 Å². The molecule has 0 atom stereocenters. The Bertz CT molecular complexity index is 1580. The quantitative estimate of drug-likeness (QED) is 0.241. The number of fused-ring (bicyclic) bond motifs is 1. The van der Waals surface area contributed by atoms with E-state index in [1.807, 2.05) is 49.4 Å². The number of hydrogen-bond donors (Lipinski definition) is 0. The van der Waals surface area contributed by atoms with Gasteiger partial charge >= 0.3 is 0 Å². The average molecular weight is 496 g/mol. The van der Waals surface area contributed by atoms with Crippen LogP contribution in [0.15, 0.2) is 64.5 Å². The van der Waals surface area contributed by atoms with Crippen LogP contribution in [-0.2, 0) is 0 Å². The number of hydrogen-bond acceptors (Lipinski definition) is 6. The van der Waals surface area contributed by atoms with Crippen molar-refractivity contribution >= 4 is 17.1 Å². The molecule has 4 rings (SSSR count). The number of rotatable bonds is 8. The topological polar surface area (TPSA) is 74.9 Å². The standard InChI is InChI=1S/C30H29N3O4/c1-7-15-37-28-21(11-10-14-26(28)35-5)18-31-33-29(32-25-13-9-8-12-22(25)30(33)34)24-17-23(19(2)3)27(36-6)16-20(24)4/h1,8-14,16-19H,15H2,2-6H3. The zero-order chi connectivity index (χ0) is 26.5. The highest BCUT2D eigenvalue weighted by Gasteiger charge is 2.18. The van der Waals surface area contributed by atoms with Crippen LogP contribution in [0, 0.1) is 19.3 Å². The van der Waals surface area contributed by atoms with Crippen molar-refractivity contribution in [3.8, 4) is 41.0 Å². The summed E-state index contributed by atoms with van der Waals surface area (Å²) in [6, 6.07) is 16.6. The highest BCUT2D eigenvalue weighted by atomic mass is 16.5. The number of para-hydroxylation sites is 2. The summed E-state index contributed by atoms with van der Waals surface area (Å²) in [5, 5.41) is 5.07. The largest absolute Gasteiger partial charge is 0.496 e. The van der Waals surface area contributed by atoms with Gasteiger partial charge in [0.05, 0.1) is 31.3 Å². The summed E-state index contributed by atoms with van der Waals surface area (Å²) in [4.78, 5) is 18.5. The van der Waals surface area contributed by atoms with Crippen molar-refractivity contribution in [2.75, 3.05) is 20.8 Å². The molecular formula is C30H29N3O4. The van der Waals surface area contributed by atoms with E-state index < -0.39 is 0 Å². The van der Waals surface area contributed by atoms with E-state index in [9.17, 15) is 4.79 Å². The van der Waals surface area contributed by atoms with Gasteiger partial charge in [-0.3, -0.25) is 4.79 Å². The number of terminal acetylenes is 1. The molecule has 0 N–H and O–H groups in total. The third-order valence-electron chi connectivity index (χ3n) is 6.03. The van der Waals surface area contributed by atoms with Crippen LogP contribution < -0.4 is 19.8 Å². The van der Waals surface area contributed by atoms with Gasteiger partial charge in [-0.15, -0.1) is 6.42 Å². The molecule has 7 heteroatoms. The van der Waals surface area contributed by atoms with Crippen LogP contribution in [0.5, 0.6) is 17.2 Å². The van der Waals surface area contributed by atoms with E-state index in [0.717, 1.165) is 22.4 Å². The molecule has 0 spiro atoms. The maximum atomic E-state index is 13.7. The summed E-state index contributed by atoms with van der Waals surface area (Å²) < 4.78 is 18.1. The molecule has 0 aliphatic heterocycles. The van der Waals surface area contributed by atoms with E-state index in [4.69, 9.17) is 25.6 Å². The number of ether oxygens (including phenoxy) is 3. The van der Waals surface area contributed by atoms with E-state index in [-0.39, 0.29) is 18.1 Å². The second-order valence-corrected chi connectivity index (χ2v) is 8.75. The Labute approximate surface area is 216 Å². The summed E-state index contributed by atoms with van der Waals surface area (Å²) in [7, 11) is 3.20. The SMILES string of the molecule is C#CCOc1c(C=Nn2c(-c3cc(C(C)C)c(OC)cc3C)nc3ccccc3c2=O)cccc1OC. The first kappa shape index (κ1) is 25.5. The van der Waals surface area contributed by atoms with Crippen LogP contribution in [-0.4, -0.2) is 36.7 Å². The summed E-state index contributed by atoms with van der Waals surface area (Å²) >= 11 is 0. The van der Waals surface area contributed by atoms with Gasteiger partial charge in [-0.1, -0.05) is 38.0 Å². The normalized spacial score (nSPS) is 11.2. The van der Waals surface area contributed by atoms with Crippen molar-refractivity contribution in [1.82, 2.24) is 9.66 Å². The van der Waals surface area contributed by atoms with Crippen molar-refractivity contribution in [2.24, 2.45) is 5.10 Å². The minimum absolute atomic E-state index is 0.0625. The lowest BCUT2D eigenvalue weighted by Gasteiger charge is -2.17. The molecule has 0 saturated carbocycles. The lowest BCUT2D eigenvalue weighted by atomic mass is 9.96. The van der Waals surface area contributed by atoms with E-state index in [1.165, 1.54) is 4.68 Å². The van der Waals surface area contributed by atoms with Crippen molar-refractivity contribution in [3.63, 3.8) is 0 Å². The monoisotopic (exact) mass is 495 g/mol. The Morgan fingerprint density at radius 1 is 1.08 bits per heavy atom. The number of nitrogens with zero attached hydrogens (tertiary/aromatic N) is 3. The molecule has 0 fully saturated rings. The van der Waals surface area contributed by atoms with Crippen LogP contribution in [0.4, 0.5) is 0 Å². The van der Waals surface area contributed by atoms with E-state index >= 15 is 0 Å². The minimum atomic E-state index is -0.285. The minimum Gasteiger partial charge on any atom is -0.496 e. The van der Waals surface area contributed by atoms with Gasteiger partial charge in [-0.25, -0.2) is 4.98 Å². The zero-order valence-corrected chi connectivity index (χ0v) is 21.6. The molecular weight excluding hydrogens is 466 g/mol. The van der Waals surface area contributed by atoms with Crippen LogP contribution in [0.25, 0.3) is 22.3 Å². The Kier molecular flexibility index (Phi) is 7.59. The predicted molar refractivity (Wildman–Crippen MR) is 147 cm³/mol. The van der Waals surface area contributed by atoms with Crippen molar-refractivity contribution in [3.05, 3.63) is 81.6 Å². The first-order valence-electron chi connectivity index (χ1n) is 11.9. The molecule has 37 heavy (non-hydrogen) atoms. The zero-order valence-electron chi connectivity index (χ0n) is 21.6. The lowest BCUT2D eigenvalue weighted by molar-refractivity contribution is 0.330. The fourth-order valence-corrected chi connectivity index (χ4v) is 4.16. The molecule has 1 heterocycles. The fourth-order valence-electron chi connectivity index (χ4n) is 4.16. The Morgan fingerprint density at radius 3 is 2.54 bits per heavy atom. The molecule has 0 aliphatic carbocycles. The summed E-state index contributed by atoms with van der Waals surface area (Å²) in [6.45, 7) is 6.21. The molecule has 0 aliphatic rings. The highest BCUT2D eigenvalue weighted by molar-refractivity contribution is 5.86. The Hall–Kier alpha value is -4.57. The third kappa shape index (κ3) is 5.05. The average Bonchev–Trinajstić information content (AvgIpc) is 2.91.